The summed E-state index contributed by atoms with van der Waals surface area (Å²) in [5.74, 6) is 5.71. The molecule has 1 saturated heterocycles. The van der Waals surface area contributed by atoms with Crippen LogP contribution in [0.15, 0.2) is 30.6 Å². The topological polar surface area (TPSA) is 65.1 Å². The van der Waals surface area contributed by atoms with Crippen molar-refractivity contribution >= 4 is 11.0 Å². The van der Waals surface area contributed by atoms with E-state index in [-0.39, 0.29) is 6.04 Å². The summed E-state index contributed by atoms with van der Waals surface area (Å²) in [4.78, 5) is 4.42. The van der Waals surface area contributed by atoms with Gasteiger partial charge in [-0.25, -0.2) is 4.98 Å². The van der Waals surface area contributed by atoms with E-state index in [0.29, 0.717) is 6.10 Å². The highest BCUT2D eigenvalue weighted by Crippen LogP contribution is 2.19. The van der Waals surface area contributed by atoms with Gasteiger partial charge in [0.05, 0.1) is 23.5 Å². The predicted molar refractivity (Wildman–Crippen MR) is 83.7 cm³/mol. The highest BCUT2D eigenvalue weighted by Gasteiger charge is 2.16. The lowest BCUT2D eigenvalue weighted by atomic mass is 10.1. The number of ether oxygens (including phenoxy) is 1. The van der Waals surface area contributed by atoms with Crippen LogP contribution in [-0.4, -0.2) is 28.3 Å². The van der Waals surface area contributed by atoms with Gasteiger partial charge in [-0.3, -0.25) is 11.3 Å². The maximum absolute atomic E-state index is 5.71. The molecule has 2 atom stereocenters. The third-order valence-corrected chi connectivity index (χ3v) is 4.28. The molecule has 5 heteroatoms. The molecular formula is C16H24N4O. The van der Waals surface area contributed by atoms with Gasteiger partial charge in [0, 0.05) is 19.2 Å². The van der Waals surface area contributed by atoms with Crippen molar-refractivity contribution in [1.29, 1.82) is 0 Å². The Kier molecular flexibility index (Phi) is 4.85. The minimum atomic E-state index is 0.268. The minimum Gasteiger partial charge on any atom is -0.378 e. The normalized spacial score (nSPS) is 20.1. The molecule has 3 N–H and O–H groups in total. The monoisotopic (exact) mass is 288 g/mol. The number of rotatable bonds is 7. The fourth-order valence-corrected chi connectivity index (χ4v) is 3.08. The first kappa shape index (κ1) is 14.5. The molecule has 1 aliphatic heterocycles. The Morgan fingerprint density at radius 2 is 2.33 bits per heavy atom. The van der Waals surface area contributed by atoms with Crippen LogP contribution in [-0.2, 0) is 11.3 Å². The second kappa shape index (κ2) is 7.02. The van der Waals surface area contributed by atoms with E-state index < -0.39 is 0 Å². The number of hydrazine groups is 1. The molecule has 0 amide bonds. The molecule has 2 aromatic rings. The third-order valence-electron chi connectivity index (χ3n) is 4.28. The van der Waals surface area contributed by atoms with E-state index in [0.717, 1.165) is 43.4 Å². The van der Waals surface area contributed by atoms with Gasteiger partial charge in [-0.1, -0.05) is 12.1 Å². The van der Waals surface area contributed by atoms with Gasteiger partial charge in [0.1, 0.15) is 0 Å². The fraction of sp³-hybridized carbons (Fsp3) is 0.562. The number of imidazole rings is 1. The van der Waals surface area contributed by atoms with E-state index in [1.807, 2.05) is 24.5 Å². The quantitative estimate of drug-likeness (QED) is 0.605. The number of aromatic nitrogens is 2. The van der Waals surface area contributed by atoms with E-state index in [1.54, 1.807) is 0 Å². The number of nitrogens with one attached hydrogen (secondary N) is 1. The molecule has 0 bridgehead atoms. The zero-order valence-corrected chi connectivity index (χ0v) is 12.4. The summed E-state index contributed by atoms with van der Waals surface area (Å²) in [6.07, 6.45) is 8.14. The Bertz CT molecular complexity index is 562. The first-order chi connectivity index (χ1) is 10.4. The zero-order valence-electron chi connectivity index (χ0n) is 12.4. The van der Waals surface area contributed by atoms with E-state index in [9.17, 15) is 0 Å². The number of nitrogens with zero attached hydrogens (tertiary/aromatic N) is 2. The van der Waals surface area contributed by atoms with Crippen LogP contribution in [0.1, 0.15) is 32.1 Å². The van der Waals surface area contributed by atoms with Gasteiger partial charge in [0.25, 0.3) is 0 Å². The van der Waals surface area contributed by atoms with Crippen LogP contribution in [0.2, 0.25) is 0 Å². The summed E-state index contributed by atoms with van der Waals surface area (Å²) in [5, 5.41) is 0. The number of hydrogen-bond donors (Lipinski definition) is 2. The summed E-state index contributed by atoms with van der Waals surface area (Å²) in [6.45, 7) is 1.78. The Morgan fingerprint density at radius 1 is 1.43 bits per heavy atom. The molecule has 0 saturated carbocycles. The number of benzene rings is 1. The summed E-state index contributed by atoms with van der Waals surface area (Å²) >= 11 is 0. The van der Waals surface area contributed by atoms with Crippen LogP contribution in [0, 0.1) is 0 Å². The molecule has 0 aliphatic carbocycles. The van der Waals surface area contributed by atoms with E-state index >= 15 is 0 Å². The van der Waals surface area contributed by atoms with Crippen LogP contribution >= 0.6 is 0 Å². The molecule has 1 aliphatic rings. The van der Waals surface area contributed by atoms with Gasteiger partial charge in [0.15, 0.2) is 0 Å². The smallest absolute Gasteiger partial charge is 0.0958 e. The Morgan fingerprint density at radius 3 is 3.14 bits per heavy atom. The largest absolute Gasteiger partial charge is 0.378 e. The number of hydrogen-bond acceptors (Lipinski definition) is 4. The lowest BCUT2D eigenvalue weighted by molar-refractivity contribution is 0.101. The van der Waals surface area contributed by atoms with Crippen molar-refractivity contribution in [3.05, 3.63) is 30.6 Å². The van der Waals surface area contributed by atoms with Crippen molar-refractivity contribution in [3.8, 4) is 0 Å². The van der Waals surface area contributed by atoms with Gasteiger partial charge in [-0.15, -0.1) is 0 Å². The average Bonchev–Trinajstić information content (AvgIpc) is 3.16. The van der Waals surface area contributed by atoms with E-state index in [4.69, 9.17) is 10.6 Å². The maximum Gasteiger partial charge on any atom is 0.0958 e. The Hall–Kier alpha value is -1.43. The van der Waals surface area contributed by atoms with Crippen LogP contribution in [0.3, 0.4) is 0 Å². The first-order valence-corrected chi connectivity index (χ1v) is 7.84. The molecule has 5 nitrogen and oxygen atoms in total. The standard InChI is InChI=1S/C16H24N4O/c17-19-13(5-3-6-14-7-4-10-21-14)11-20-12-18-15-8-1-2-9-16(15)20/h1-2,8-9,12-14,19H,3-7,10-11,17H2. The summed E-state index contributed by atoms with van der Waals surface area (Å²) in [6, 6.07) is 8.46. The van der Waals surface area contributed by atoms with Crippen molar-refractivity contribution in [3.63, 3.8) is 0 Å². The van der Waals surface area contributed by atoms with Gasteiger partial charge in [0.2, 0.25) is 0 Å². The van der Waals surface area contributed by atoms with Crippen LogP contribution in [0.5, 0.6) is 0 Å². The summed E-state index contributed by atoms with van der Waals surface area (Å²) in [5.41, 5.74) is 5.14. The number of para-hydroxylation sites is 2. The van der Waals surface area contributed by atoms with Crippen molar-refractivity contribution in [1.82, 2.24) is 15.0 Å². The van der Waals surface area contributed by atoms with Crippen LogP contribution in [0.4, 0.5) is 0 Å². The predicted octanol–water partition coefficient (Wildman–Crippen LogP) is 2.22. The van der Waals surface area contributed by atoms with Crippen LogP contribution in [0.25, 0.3) is 11.0 Å². The van der Waals surface area contributed by atoms with Gasteiger partial charge < -0.3 is 9.30 Å². The molecule has 2 unspecified atom stereocenters. The van der Waals surface area contributed by atoms with Crippen molar-refractivity contribution in [2.24, 2.45) is 5.84 Å². The number of nitrogens with two attached hydrogens (primary N) is 1. The van der Waals surface area contributed by atoms with E-state index in [1.165, 1.54) is 12.8 Å². The molecule has 1 aromatic carbocycles. The first-order valence-electron chi connectivity index (χ1n) is 7.84. The minimum absolute atomic E-state index is 0.268. The highest BCUT2D eigenvalue weighted by atomic mass is 16.5. The molecule has 1 aromatic heterocycles. The van der Waals surface area contributed by atoms with E-state index in [2.05, 4.69) is 21.0 Å². The second-order valence-electron chi connectivity index (χ2n) is 5.82. The van der Waals surface area contributed by atoms with Crippen LogP contribution < -0.4 is 11.3 Å². The van der Waals surface area contributed by atoms with Gasteiger partial charge in [-0.05, 0) is 44.2 Å². The lowest BCUT2D eigenvalue weighted by Gasteiger charge is -2.18. The summed E-state index contributed by atoms with van der Waals surface area (Å²) in [7, 11) is 0. The molecule has 3 rings (SSSR count). The van der Waals surface area contributed by atoms with Crippen molar-refractivity contribution < 1.29 is 4.74 Å². The highest BCUT2D eigenvalue weighted by molar-refractivity contribution is 5.74. The SMILES string of the molecule is NNC(CCCC1CCCO1)Cn1cnc2ccccc21. The van der Waals surface area contributed by atoms with Gasteiger partial charge in [-0.2, -0.15) is 0 Å². The molecule has 21 heavy (non-hydrogen) atoms. The molecule has 114 valence electrons. The fourth-order valence-electron chi connectivity index (χ4n) is 3.08. The second-order valence-corrected chi connectivity index (χ2v) is 5.82. The maximum atomic E-state index is 5.71. The van der Waals surface area contributed by atoms with Crippen molar-refractivity contribution in [2.45, 2.75) is 50.8 Å². The summed E-state index contributed by atoms with van der Waals surface area (Å²) < 4.78 is 7.84. The molecule has 0 spiro atoms. The Labute approximate surface area is 125 Å². The third kappa shape index (κ3) is 3.61. The average molecular weight is 288 g/mol. The molecular weight excluding hydrogens is 264 g/mol. The lowest BCUT2D eigenvalue weighted by Crippen LogP contribution is -2.38. The van der Waals surface area contributed by atoms with Gasteiger partial charge >= 0.3 is 0 Å². The number of fused-ring (bicyclic) bond motifs is 1. The molecule has 1 fully saturated rings. The van der Waals surface area contributed by atoms with Crippen molar-refractivity contribution in [2.75, 3.05) is 6.61 Å². The molecule has 2 heterocycles. The zero-order chi connectivity index (χ0) is 14.5. The molecule has 0 radical (unpaired) electrons. The Balaban J connectivity index is 1.54.